The van der Waals surface area contributed by atoms with Gasteiger partial charge in [0.2, 0.25) is 11.8 Å². The number of methoxy groups -OCH3 is 1. The van der Waals surface area contributed by atoms with Gasteiger partial charge in [-0.1, -0.05) is 72.5 Å². The molecule has 0 aliphatic rings. The molecule has 0 saturated carbocycles. The molecule has 3 rings (SSSR count). The third kappa shape index (κ3) is 8.24. The molecular formula is C31H38ClN3O5S. The fourth-order valence-corrected chi connectivity index (χ4v) is 5.84. The number of carbonyl (C=O) groups excluding carboxylic acids is 2. The van der Waals surface area contributed by atoms with Crippen molar-refractivity contribution < 1.29 is 22.7 Å². The number of benzene rings is 3. The molecule has 0 saturated heterocycles. The van der Waals surface area contributed by atoms with Gasteiger partial charge in [-0.2, -0.15) is 0 Å². The molecule has 8 nitrogen and oxygen atoms in total. The monoisotopic (exact) mass is 599 g/mol. The van der Waals surface area contributed by atoms with E-state index in [4.69, 9.17) is 16.3 Å². The fourth-order valence-electron chi connectivity index (χ4n) is 4.19. The number of unbranched alkanes of at least 4 members (excludes halogenated alkanes) is 1. The topological polar surface area (TPSA) is 96.0 Å². The van der Waals surface area contributed by atoms with Crippen molar-refractivity contribution in [2.24, 2.45) is 0 Å². The number of amides is 2. The Morgan fingerprint density at radius 1 is 0.976 bits per heavy atom. The van der Waals surface area contributed by atoms with Crippen LogP contribution in [0.1, 0.15) is 43.4 Å². The summed E-state index contributed by atoms with van der Waals surface area (Å²) < 4.78 is 34.1. The molecule has 41 heavy (non-hydrogen) atoms. The second-order valence-corrected chi connectivity index (χ2v) is 12.2. The van der Waals surface area contributed by atoms with Crippen LogP contribution in [0.4, 0.5) is 5.69 Å². The highest BCUT2D eigenvalue weighted by molar-refractivity contribution is 7.92. The molecule has 3 aromatic rings. The Kier molecular flexibility index (Phi) is 11.2. The third-order valence-electron chi connectivity index (χ3n) is 6.78. The summed E-state index contributed by atoms with van der Waals surface area (Å²) in [5, 5.41) is 3.08. The van der Waals surface area contributed by atoms with Gasteiger partial charge in [0.1, 0.15) is 18.3 Å². The average molecular weight is 600 g/mol. The molecule has 220 valence electrons. The molecule has 0 bridgehead atoms. The maximum Gasteiger partial charge on any atom is 0.264 e. The summed E-state index contributed by atoms with van der Waals surface area (Å²) in [4.78, 5) is 28.5. The van der Waals surface area contributed by atoms with Gasteiger partial charge in [0.05, 0.1) is 22.7 Å². The van der Waals surface area contributed by atoms with E-state index in [9.17, 15) is 18.0 Å². The maximum atomic E-state index is 14.0. The third-order valence-corrected chi connectivity index (χ3v) is 8.87. The first-order valence-corrected chi connectivity index (χ1v) is 15.4. The van der Waals surface area contributed by atoms with E-state index < -0.39 is 28.5 Å². The average Bonchev–Trinajstić information content (AvgIpc) is 2.95. The maximum absolute atomic E-state index is 14.0. The lowest BCUT2D eigenvalue weighted by Crippen LogP contribution is -2.51. The molecule has 3 aromatic carbocycles. The number of hydrogen-bond acceptors (Lipinski definition) is 5. The molecule has 0 aromatic heterocycles. The lowest BCUT2D eigenvalue weighted by molar-refractivity contribution is -0.139. The Balaban J connectivity index is 2.03. The largest absolute Gasteiger partial charge is 0.495 e. The molecule has 1 atom stereocenters. The van der Waals surface area contributed by atoms with Gasteiger partial charge in [0.15, 0.2) is 0 Å². The first-order chi connectivity index (χ1) is 19.5. The van der Waals surface area contributed by atoms with Gasteiger partial charge < -0.3 is 15.0 Å². The molecule has 0 spiro atoms. The van der Waals surface area contributed by atoms with Crippen molar-refractivity contribution in [3.63, 3.8) is 0 Å². The number of rotatable bonds is 13. The van der Waals surface area contributed by atoms with Gasteiger partial charge in [0.25, 0.3) is 10.0 Å². The molecule has 0 heterocycles. The number of aryl methyl sites for hydroxylation is 2. The first-order valence-electron chi connectivity index (χ1n) is 13.5. The molecule has 10 heteroatoms. The minimum atomic E-state index is -4.19. The van der Waals surface area contributed by atoms with Crippen LogP contribution < -0.4 is 14.4 Å². The summed E-state index contributed by atoms with van der Waals surface area (Å²) in [5.41, 5.74) is 2.97. The Labute approximate surface area is 248 Å². The summed E-state index contributed by atoms with van der Waals surface area (Å²) in [5.74, 6) is -0.474. The lowest BCUT2D eigenvalue weighted by atomic mass is 10.1. The van der Waals surface area contributed by atoms with Crippen LogP contribution in [-0.2, 0) is 26.2 Å². The van der Waals surface area contributed by atoms with E-state index in [-0.39, 0.29) is 28.1 Å². The highest BCUT2D eigenvalue weighted by atomic mass is 35.5. The van der Waals surface area contributed by atoms with Crippen LogP contribution in [0.25, 0.3) is 0 Å². The lowest BCUT2D eigenvalue weighted by Gasteiger charge is -2.32. The summed E-state index contributed by atoms with van der Waals surface area (Å²) in [6.45, 7) is 7.57. The molecule has 1 N–H and O–H groups in total. The van der Waals surface area contributed by atoms with Crippen molar-refractivity contribution >= 4 is 39.1 Å². The van der Waals surface area contributed by atoms with Crippen LogP contribution in [0.2, 0.25) is 5.02 Å². The molecule has 0 aliphatic heterocycles. The standard InChI is InChI=1S/C31H38ClN3O5S/c1-6-7-18-33-31(37)24(4)34(20-25-12-8-22(2)9-13-25)30(36)21-35(26-14-17-29(40-5)28(32)19-26)41(38,39)27-15-10-23(3)11-16-27/h8-17,19,24H,6-7,18,20-21H2,1-5H3,(H,33,37). The van der Waals surface area contributed by atoms with Gasteiger partial charge in [-0.25, -0.2) is 8.42 Å². The number of halogens is 1. The SMILES string of the molecule is CCCCNC(=O)C(C)N(Cc1ccc(C)cc1)C(=O)CN(c1ccc(OC)c(Cl)c1)S(=O)(=O)c1ccc(C)cc1. The van der Waals surface area contributed by atoms with Crippen LogP contribution in [0, 0.1) is 13.8 Å². The van der Waals surface area contributed by atoms with Crippen LogP contribution >= 0.6 is 11.6 Å². The van der Waals surface area contributed by atoms with E-state index >= 15 is 0 Å². The number of carbonyl (C=O) groups is 2. The zero-order chi connectivity index (χ0) is 30.2. The normalized spacial score (nSPS) is 12.0. The van der Waals surface area contributed by atoms with Crippen molar-refractivity contribution in [1.82, 2.24) is 10.2 Å². The molecular weight excluding hydrogens is 562 g/mol. The zero-order valence-electron chi connectivity index (χ0n) is 24.2. The Morgan fingerprint density at radius 3 is 2.15 bits per heavy atom. The number of sulfonamides is 1. The van der Waals surface area contributed by atoms with E-state index in [1.54, 1.807) is 25.1 Å². The second kappa shape index (κ2) is 14.4. The van der Waals surface area contributed by atoms with Gasteiger partial charge in [-0.15, -0.1) is 0 Å². The van der Waals surface area contributed by atoms with Crippen molar-refractivity contribution in [3.05, 3.63) is 88.4 Å². The van der Waals surface area contributed by atoms with Gasteiger partial charge in [0, 0.05) is 13.1 Å². The van der Waals surface area contributed by atoms with E-state index in [1.165, 1.54) is 36.3 Å². The van der Waals surface area contributed by atoms with Crippen molar-refractivity contribution in [2.45, 2.75) is 58.0 Å². The summed E-state index contributed by atoms with van der Waals surface area (Å²) in [6, 6.07) is 17.7. The molecule has 1 unspecified atom stereocenters. The van der Waals surface area contributed by atoms with Crippen LogP contribution in [-0.4, -0.2) is 51.4 Å². The highest BCUT2D eigenvalue weighted by Gasteiger charge is 2.32. The Hall–Kier alpha value is -3.56. The van der Waals surface area contributed by atoms with Gasteiger partial charge >= 0.3 is 0 Å². The summed E-state index contributed by atoms with van der Waals surface area (Å²) in [6.07, 6.45) is 1.72. The van der Waals surface area contributed by atoms with E-state index in [0.29, 0.717) is 12.3 Å². The van der Waals surface area contributed by atoms with Crippen LogP contribution in [0.3, 0.4) is 0 Å². The summed E-state index contributed by atoms with van der Waals surface area (Å²) in [7, 11) is -2.73. The number of anilines is 1. The minimum absolute atomic E-state index is 0.0262. The predicted octanol–water partition coefficient (Wildman–Crippen LogP) is 5.49. The number of hydrogen-bond donors (Lipinski definition) is 1. The first kappa shape index (κ1) is 32.0. The Bertz CT molecular complexity index is 1440. The number of ether oxygens (including phenoxy) is 1. The Morgan fingerprint density at radius 2 is 1.59 bits per heavy atom. The minimum Gasteiger partial charge on any atom is -0.495 e. The quantitative estimate of drug-likeness (QED) is 0.262. The van der Waals surface area contributed by atoms with Crippen LogP contribution in [0.5, 0.6) is 5.75 Å². The number of nitrogens with zero attached hydrogens (tertiary/aromatic N) is 2. The summed E-state index contributed by atoms with van der Waals surface area (Å²) >= 11 is 6.37. The smallest absolute Gasteiger partial charge is 0.264 e. The molecule has 2 amide bonds. The van der Waals surface area contributed by atoms with Gasteiger partial charge in [-0.05, 0) is 63.1 Å². The predicted molar refractivity (Wildman–Crippen MR) is 163 cm³/mol. The van der Waals surface area contributed by atoms with E-state index in [0.717, 1.165) is 33.8 Å². The number of nitrogens with one attached hydrogen (secondary N) is 1. The van der Waals surface area contributed by atoms with Gasteiger partial charge in [-0.3, -0.25) is 13.9 Å². The van der Waals surface area contributed by atoms with E-state index in [2.05, 4.69) is 5.32 Å². The van der Waals surface area contributed by atoms with Crippen LogP contribution in [0.15, 0.2) is 71.6 Å². The second-order valence-electron chi connectivity index (χ2n) is 9.97. The van der Waals surface area contributed by atoms with Crippen molar-refractivity contribution in [2.75, 3.05) is 24.5 Å². The van der Waals surface area contributed by atoms with Crippen molar-refractivity contribution in [3.8, 4) is 5.75 Å². The van der Waals surface area contributed by atoms with Crippen molar-refractivity contribution in [1.29, 1.82) is 0 Å². The van der Waals surface area contributed by atoms with E-state index in [1.807, 2.05) is 45.0 Å². The zero-order valence-corrected chi connectivity index (χ0v) is 25.8. The molecule has 0 radical (unpaired) electrons. The fraction of sp³-hybridized carbons (Fsp3) is 0.355. The molecule has 0 aliphatic carbocycles. The highest BCUT2D eigenvalue weighted by Crippen LogP contribution is 2.32. The molecule has 0 fully saturated rings.